The minimum Gasteiger partial charge on any atom is -0.364 e. The number of nitrogens with one attached hydrogen (secondary N) is 1. The van der Waals surface area contributed by atoms with Crippen LogP contribution in [0.4, 0.5) is 22.1 Å². The number of rotatable bonds is 5. The summed E-state index contributed by atoms with van der Waals surface area (Å²) < 4.78 is 0. The topological polar surface area (TPSA) is 111 Å². The maximum absolute atomic E-state index is 12.5. The predicted molar refractivity (Wildman–Crippen MR) is 130 cm³/mol. The smallest absolute Gasteiger partial charge is 0.320 e. The first-order chi connectivity index (χ1) is 16.4. The zero-order valence-electron chi connectivity index (χ0n) is 19.8. The number of hydrogen-bond acceptors (Lipinski definition) is 7. The molecule has 10 heteroatoms. The molecule has 34 heavy (non-hydrogen) atoms. The van der Waals surface area contributed by atoms with Gasteiger partial charge in [0.05, 0.1) is 12.2 Å². The SMILES string of the molecule is CN1CCc2cc(Nc3nc(N4CCC[C@@H](N5CCN(C)C5=O)C4)cnc3C(N)=O)ccc2C1. The van der Waals surface area contributed by atoms with Gasteiger partial charge in [0.2, 0.25) is 0 Å². The highest BCUT2D eigenvalue weighted by atomic mass is 16.2. The summed E-state index contributed by atoms with van der Waals surface area (Å²) in [5.74, 6) is 0.414. The standard InChI is InChI=1S/C24H32N8O2/c1-29-9-7-16-12-18(6-5-17(16)14-29)27-23-21(22(25)33)26-13-20(28-23)31-8-3-4-19(15-31)32-11-10-30(2)24(32)34/h5-6,12-13,19H,3-4,7-11,14-15H2,1-2H3,(H2,25,33)(H,27,28)/t19-/m1/s1. The van der Waals surface area contributed by atoms with E-state index in [0.717, 1.165) is 57.7 Å². The summed E-state index contributed by atoms with van der Waals surface area (Å²) in [5.41, 5.74) is 9.20. The van der Waals surface area contributed by atoms with E-state index in [0.29, 0.717) is 18.2 Å². The quantitative estimate of drug-likeness (QED) is 0.692. The van der Waals surface area contributed by atoms with Gasteiger partial charge in [0.25, 0.3) is 5.91 Å². The Labute approximate surface area is 199 Å². The third-order valence-electron chi connectivity index (χ3n) is 7.08. The number of anilines is 3. The molecule has 3 amide bonds. The molecule has 2 aromatic rings. The van der Waals surface area contributed by atoms with E-state index in [4.69, 9.17) is 10.7 Å². The number of primary amides is 1. The fourth-order valence-electron chi connectivity index (χ4n) is 5.13. The number of carbonyl (C=O) groups is 2. The molecule has 3 aliphatic heterocycles. The highest BCUT2D eigenvalue weighted by Crippen LogP contribution is 2.28. The average Bonchev–Trinajstić information content (AvgIpc) is 3.17. The lowest BCUT2D eigenvalue weighted by Crippen LogP contribution is -2.49. The van der Waals surface area contributed by atoms with Gasteiger partial charge in [-0.3, -0.25) is 4.79 Å². The number of hydrogen-bond donors (Lipinski definition) is 2. The van der Waals surface area contributed by atoms with Crippen molar-refractivity contribution in [2.75, 3.05) is 57.0 Å². The molecule has 1 atom stereocenters. The van der Waals surface area contributed by atoms with Gasteiger partial charge < -0.3 is 30.7 Å². The number of nitrogens with zero attached hydrogens (tertiary/aromatic N) is 6. The van der Waals surface area contributed by atoms with E-state index >= 15 is 0 Å². The van der Waals surface area contributed by atoms with Crippen LogP contribution in [0.25, 0.3) is 0 Å². The number of urea groups is 1. The average molecular weight is 465 g/mol. The number of carbonyl (C=O) groups excluding carboxylic acids is 2. The molecule has 0 bridgehead atoms. The van der Waals surface area contributed by atoms with Crippen LogP contribution in [0, 0.1) is 0 Å². The van der Waals surface area contributed by atoms with Crippen molar-refractivity contribution in [1.82, 2.24) is 24.7 Å². The molecule has 0 aliphatic carbocycles. The van der Waals surface area contributed by atoms with Crippen molar-refractivity contribution >= 4 is 29.3 Å². The fraction of sp³-hybridized carbons (Fsp3) is 0.500. The van der Waals surface area contributed by atoms with Crippen molar-refractivity contribution in [1.29, 1.82) is 0 Å². The monoisotopic (exact) mass is 464 g/mol. The van der Waals surface area contributed by atoms with Crippen molar-refractivity contribution in [3.63, 3.8) is 0 Å². The van der Waals surface area contributed by atoms with Crippen LogP contribution >= 0.6 is 0 Å². The van der Waals surface area contributed by atoms with Gasteiger partial charge in [-0.05, 0) is 49.6 Å². The number of amides is 3. The molecule has 4 heterocycles. The molecular weight excluding hydrogens is 432 g/mol. The molecule has 5 rings (SSSR count). The van der Waals surface area contributed by atoms with Crippen LogP contribution in [0.3, 0.4) is 0 Å². The van der Waals surface area contributed by atoms with Crippen LogP contribution in [-0.4, -0.2) is 89.5 Å². The molecule has 0 spiro atoms. The van der Waals surface area contributed by atoms with Gasteiger partial charge in [-0.25, -0.2) is 14.8 Å². The number of aromatic nitrogens is 2. The molecule has 3 N–H and O–H groups in total. The maximum Gasteiger partial charge on any atom is 0.320 e. The van der Waals surface area contributed by atoms with Crippen LogP contribution < -0.4 is 16.0 Å². The van der Waals surface area contributed by atoms with E-state index in [1.807, 2.05) is 18.0 Å². The molecular formula is C24H32N8O2. The second kappa shape index (κ2) is 9.09. The predicted octanol–water partition coefficient (Wildman–Crippen LogP) is 1.64. The van der Waals surface area contributed by atoms with E-state index in [2.05, 4.69) is 39.3 Å². The Bertz CT molecular complexity index is 1110. The minimum atomic E-state index is -0.622. The van der Waals surface area contributed by atoms with Gasteiger partial charge in [0.15, 0.2) is 11.5 Å². The van der Waals surface area contributed by atoms with E-state index in [1.165, 1.54) is 11.1 Å². The number of piperidine rings is 1. The summed E-state index contributed by atoms with van der Waals surface area (Å²) in [5, 5.41) is 3.29. The highest BCUT2D eigenvalue weighted by molar-refractivity contribution is 5.96. The Morgan fingerprint density at radius 2 is 2.00 bits per heavy atom. The zero-order valence-corrected chi connectivity index (χ0v) is 19.8. The van der Waals surface area contributed by atoms with Crippen molar-refractivity contribution < 1.29 is 9.59 Å². The van der Waals surface area contributed by atoms with Gasteiger partial charge in [-0.2, -0.15) is 0 Å². The Morgan fingerprint density at radius 1 is 1.15 bits per heavy atom. The Hall–Kier alpha value is -3.40. The second-order valence-electron chi connectivity index (χ2n) is 9.53. The van der Waals surface area contributed by atoms with E-state index in [-0.39, 0.29) is 17.8 Å². The first-order valence-corrected chi connectivity index (χ1v) is 11.9. The van der Waals surface area contributed by atoms with Crippen LogP contribution in [0.5, 0.6) is 0 Å². The summed E-state index contributed by atoms with van der Waals surface area (Å²) in [6.07, 6.45) is 4.52. The third-order valence-corrected chi connectivity index (χ3v) is 7.08. The first-order valence-electron chi connectivity index (χ1n) is 11.9. The molecule has 2 saturated heterocycles. The molecule has 180 valence electrons. The van der Waals surface area contributed by atoms with Crippen molar-refractivity contribution in [3.05, 3.63) is 41.2 Å². The maximum atomic E-state index is 12.5. The summed E-state index contributed by atoms with van der Waals surface area (Å²) >= 11 is 0. The third kappa shape index (κ3) is 4.37. The largest absolute Gasteiger partial charge is 0.364 e. The summed E-state index contributed by atoms with van der Waals surface area (Å²) in [6.45, 7) is 4.97. The molecule has 2 fully saturated rings. The Morgan fingerprint density at radius 3 is 2.76 bits per heavy atom. The summed E-state index contributed by atoms with van der Waals surface area (Å²) in [4.78, 5) is 41.8. The van der Waals surface area contributed by atoms with Gasteiger partial charge in [-0.1, -0.05) is 6.07 Å². The van der Waals surface area contributed by atoms with E-state index < -0.39 is 5.91 Å². The van der Waals surface area contributed by atoms with Crippen molar-refractivity contribution in [3.8, 4) is 0 Å². The van der Waals surface area contributed by atoms with Crippen LogP contribution in [0.15, 0.2) is 24.4 Å². The van der Waals surface area contributed by atoms with Crippen molar-refractivity contribution in [2.45, 2.75) is 31.8 Å². The van der Waals surface area contributed by atoms with E-state index in [9.17, 15) is 9.59 Å². The lowest BCUT2D eigenvalue weighted by atomic mass is 9.99. The second-order valence-corrected chi connectivity index (χ2v) is 9.53. The molecule has 0 saturated carbocycles. The summed E-state index contributed by atoms with van der Waals surface area (Å²) in [7, 11) is 3.96. The Balaban J connectivity index is 1.38. The Kier molecular flexibility index (Phi) is 5.99. The normalized spacial score (nSPS) is 21.1. The lowest BCUT2D eigenvalue weighted by molar-refractivity contribution is 0.0996. The number of fused-ring (bicyclic) bond motifs is 1. The van der Waals surface area contributed by atoms with Crippen molar-refractivity contribution in [2.24, 2.45) is 5.73 Å². The lowest BCUT2D eigenvalue weighted by Gasteiger charge is -2.37. The zero-order chi connectivity index (χ0) is 23.8. The molecule has 3 aliphatic rings. The molecule has 10 nitrogen and oxygen atoms in total. The molecule has 1 aromatic carbocycles. The van der Waals surface area contributed by atoms with Gasteiger partial charge in [-0.15, -0.1) is 0 Å². The van der Waals surface area contributed by atoms with Gasteiger partial charge in [0, 0.05) is 52.0 Å². The van der Waals surface area contributed by atoms with Crippen LogP contribution in [0.1, 0.15) is 34.5 Å². The molecule has 1 aromatic heterocycles. The number of likely N-dealkylation sites (N-methyl/N-ethyl adjacent to an activating group) is 2. The number of benzene rings is 1. The highest BCUT2D eigenvalue weighted by Gasteiger charge is 2.34. The van der Waals surface area contributed by atoms with Gasteiger partial charge >= 0.3 is 6.03 Å². The summed E-state index contributed by atoms with van der Waals surface area (Å²) in [6, 6.07) is 6.47. The minimum absolute atomic E-state index is 0.0861. The molecule has 0 radical (unpaired) electrons. The number of nitrogens with two attached hydrogens (primary N) is 1. The van der Waals surface area contributed by atoms with E-state index in [1.54, 1.807) is 11.1 Å². The van der Waals surface area contributed by atoms with Crippen LogP contribution in [-0.2, 0) is 13.0 Å². The van der Waals surface area contributed by atoms with Gasteiger partial charge in [0.1, 0.15) is 5.82 Å². The molecule has 0 unspecified atom stereocenters. The first kappa shape index (κ1) is 22.4. The fourth-order valence-corrected chi connectivity index (χ4v) is 5.13. The van der Waals surface area contributed by atoms with Crippen LogP contribution in [0.2, 0.25) is 0 Å².